The van der Waals surface area contributed by atoms with Crippen LogP contribution in [0.3, 0.4) is 0 Å². The third kappa shape index (κ3) is 2.40. The predicted octanol–water partition coefficient (Wildman–Crippen LogP) is 0.331. The van der Waals surface area contributed by atoms with E-state index in [-0.39, 0.29) is 12.2 Å². The highest BCUT2D eigenvalue weighted by Crippen LogP contribution is 2.12. The van der Waals surface area contributed by atoms with Crippen molar-refractivity contribution in [3.63, 3.8) is 0 Å². The molecule has 1 aromatic rings. The summed E-state index contributed by atoms with van der Waals surface area (Å²) in [6, 6.07) is 2.54. The van der Waals surface area contributed by atoms with Gasteiger partial charge in [-0.25, -0.2) is 4.98 Å². The van der Waals surface area contributed by atoms with E-state index in [2.05, 4.69) is 26.2 Å². The normalized spacial score (nSPS) is 19.7. The number of aromatic nitrogens is 1. The zero-order chi connectivity index (χ0) is 13.3. The second kappa shape index (κ2) is 4.85. The number of carbonyl (C=O) groups excluding carboxylic acids is 3. The van der Waals surface area contributed by atoms with Crippen molar-refractivity contribution in [3.8, 4) is 0 Å². The van der Waals surface area contributed by atoms with Gasteiger partial charge < -0.3 is 4.90 Å². The molecule has 0 spiro atoms. The molecule has 1 aliphatic heterocycles. The summed E-state index contributed by atoms with van der Waals surface area (Å²) in [4.78, 5) is 40.0. The zero-order valence-corrected chi connectivity index (χ0v) is 11.1. The average Bonchev–Trinajstić information content (AvgIpc) is 2.34. The Hall–Kier alpha value is -1.76. The van der Waals surface area contributed by atoms with Gasteiger partial charge in [0, 0.05) is 10.7 Å². The molecule has 0 aromatic carbocycles. The maximum Gasteiger partial charge on any atom is 0.273 e. The van der Waals surface area contributed by atoms with Gasteiger partial charge in [-0.05, 0) is 35.0 Å². The summed E-state index contributed by atoms with van der Waals surface area (Å²) < 4.78 is 0.750. The van der Waals surface area contributed by atoms with Crippen LogP contribution in [0, 0.1) is 0 Å². The number of hydrogen-bond donors (Lipinski definition) is 1. The Balaban J connectivity index is 2.24. The van der Waals surface area contributed by atoms with Crippen LogP contribution >= 0.6 is 15.9 Å². The van der Waals surface area contributed by atoms with Crippen molar-refractivity contribution >= 4 is 33.7 Å². The van der Waals surface area contributed by atoms with Crippen molar-refractivity contribution < 1.29 is 14.4 Å². The smallest absolute Gasteiger partial charge is 0.273 e. The Labute approximate surface area is 111 Å². The highest BCUT2D eigenvalue weighted by Gasteiger charge is 2.34. The number of pyridine rings is 1. The van der Waals surface area contributed by atoms with Gasteiger partial charge in [-0.1, -0.05) is 0 Å². The maximum absolute atomic E-state index is 12.1. The van der Waals surface area contributed by atoms with Gasteiger partial charge >= 0.3 is 0 Å². The van der Waals surface area contributed by atoms with Crippen LogP contribution in [0.4, 0.5) is 0 Å². The van der Waals surface area contributed by atoms with Gasteiger partial charge in [-0.3, -0.25) is 19.7 Å². The molecule has 1 unspecified atom stereocenters. The Kier molecular flexibility index (Phi) is 3.42. The molecule has 0 bridgehead atoms. The number of piperazine rings is 1. The van der Waals surface area contributed by atoms with Crippen molar-refractivity contribution in [2.45, 2.75) is 13.0 Å². The van der Waals surface area contributed by atoms with Gasteiger partial charge in [0.25, 0.3) is 5.91 Å². The number of nitrogens with zero attached hydrogens (tertiary/aromatic N) is 2. The molecule has 94 valence electrons. The summed E-state index contributed by atoms with van der Waals surface area (Å²) in [5.41, 5.74) is 0.201. The van der Waals surface area contributed by atoms with E-state index in [1.165, 1.54) is 17.2 Å². The summed E-state index contributed by atoms with van der Waals surface area (Å²) >= 11 is 3.22. The second-order valence-electron chi connectivity index (χ2n) is 3.88. The summed E-state index contributed by atoms with van der Waals surface area (Å²) in [6.07, 6.45) is 1.49. The lowest BCUT2D eigenvalue weighted by atomic mass is 10.2. The SMILES string of the molecule is CC1C(=O)NC(=O)CN1C(=O)c1ccc(Br)cn1. The Morgan fingerprint density at radius 3 is 2.83 bits per heavy atom. The van der Waals surface area contributed by atoms with E-state index in [9.17, 15) is 14.4 Å². The molecule has 1 saturated heterocycles. The van der Waals surface area contributed by atoms with E-state index in [0.29, 0.717) is 0 Å². The number of amides is 3. The number of imide groups is 1. The molecule has 2 heterocycles. The van der Waals surface area contributed by atoms with Gasteiger partial charge in [-0.2, -0.15) is 0 Å². The quantitative estimate of drug-likeness (QED) is 0.758. The van der Waals surface area contributed by atoms with Gasteiger partial charge in [0.1, 0.15) is 18.3 Å². The highest BCUT2D eigenvalue weighted by molar-refractivity contribution is 9.10. The van der Waals surface area contributed by atoms with Gasteiger partial charge in [0.05, 0.1) is 0 Å². The molecule has 1 aliphatic rings. The van der Waals surface area contributed by atoms with E-state index in [4.69, 9.17) is 0 Å². The molecule has 18 heavy (non-hydrogen) atoms. The molecule has 1 atom stereocenters. The number of carbonyl (C=O) groups is 3. The van der Waals surface area contributed by atoms with Crippen LogP contribution in [0.5, 0.6) is 0 Å². The van der Waals surface area contributed by atoms with E-state index >= 15 is 0 Å². The standard InChI is InChI=1S/C11H10BrN3O3/c1-6-10(17)14-9(16)5-15(6)11(18)8-3-2-7(12)4-13-8/h2-4,6H,5H2,1H3,(H,14,16,17). The molecule has 2 rings (SSSR count). The first-order valence-electron chi connectivity index (χ1n) is 5.25. The molecule has 3 amide bonds. The maximum atomic E-state index is 12.1. The highest BCUT2D eigenvalue weighted by atomic mass is 79.9. The third-order valence-corrected chi connectivity index (χ3v) is 3.10. The number of nitrogens with one attached hydrogen (secondary N) is 1. The fourth-order valence-electron chi connectivity index (χ4n) is 1.61. The lowest BCUT2D eigenvalue weighted by Crippen LogP contribution is -2.58. The molecule has 1 N–H and O–H groups in total. The summed E-state index contributed by atoms with van der Waals surface area (Å²) in [6.45, 7) is 1.43. The molecular weight excluding hydrogens is 302 g/mol. The van der Waals surface area contributed by atoms with E-state index in [0.717, 1.165) is 4.47 Å². The number of halogens is 1. The fraction of sp³-hybridized carbons (Fsp3) is 0.273. The topological polar surface area (TPSA) is 79.4 Å². The molecule has 0 aliphatic carbocycles. The molecule has 1 aromatic heterocycles. The molecule has 0 radical (unpaired) electrons. The molecule has 7 heteroatoms. The van der Waals surface area contributed by atoms with Crippen molar-refractivity contribution in [2.75, 3.05) is 6.54 Å². The summed E-state index contributed by atoms with van der Waals surface area (Å²) in [7, 11) is 0. The minimum absolute atomic E-state index is 0.135. The number of rotatable bonds is 1. The van der Waals surface area contributed by atoms with Gasteiger partial charge in [-0.15, -0.1) is 0 Å². The second-order valence-corrected chi connectivity index (χ2v) is 4.80. The zero-order valence-electron chi connectivity index (χ0n) is 9.51. The molecule has 0 saturated carbocycles. The third-order valence-electron chi connectivity index (χ3n) is 2.63. The Morgan fingerprint density at radius 2 is 2.22 bits per heavy atom. The first kappa shape index (κ1) is 12.7. The minimum atomic E-state index is -0.680. The van der Waals surface area contributed by atoms with Crippen molar-refractivity contribution in [2.24, 2.45) is 0 Å². The Bertz CT molecular complexity index is 515. The van der Waals surface area contributed by atoms with Crippen molar-refractivity contribution in [3.05, 3.63) is 28.5 Å². The monoisotopic (exact) mass is 311 g/mol. The fourth-order valence-corrected chi connectivity index (χ4v) is 1.85. The minimum Gasteiger partial charge on any atom is -0.316 e. The summed E-state index contributed by atoms with van der Waals surface area (Å²) in [5, 5.41) is 2.17. The van der Waals surface area contributed by atoms with E-state index in [1.807, 2.05) is 0 Å². The lowest BCUT2D eigenvalue weighted by molar-refractivity contribution is -0.138. The van der Waals surface area contributed by atoms with Crippen molar-refractivity contribution in [1.82, 2.24) is 15.2 Å². The van der Waals surface area contributed by atoms with E-state index in [1.54, 1.807) is 13.0 Å². The van der Waals surface area contributed by atoms with Crippen LogP contribution in [-0.2, 0) is 9.59 Å². The van der Waals surface area contributed by atoms with Crippen LogP contribution in [0.1, 0.15) is 17.4 Å². The van der Waals surface area contributed by atoms with Crippen molar-refractivity contribution in [1.29, 1.82) is 0 Å². The van der Waals surface area contributed by atoms with Crippen LogP contribution in [0.25, 0.3) is 0 Å². The van der Waals surface area contributed by atoms with Crippen LogP contribution in [0.2, 0.25) is 0 Å². The molecule has 1 fully saturated rings. The largest absolute Gasteiger partial charge is 0.316 e. The molecule has 6 nitrogen and oxygen atoms in total. The molecular formula is C11H10BrN3O3. The first-order valence-corrected chi connectivity index (χ1v) is 6.04. The van der Waals surface area contributed by atoms with Crippen LogP contribution in [0.15, 0.2) is 22.8 Å². The van der Waals surface area contributed by atoms with Gasteiger partial charge in [0.2, 0.25) is 11.8 Å². The van der Waals surface area contributed by atoms with E-state index < -0.39 is 23.8 Å². The first-order chi connectivity index (χ1) is 8.49. The lowest BCUT2D eigenvalue weighted by Gasteiger charge is -2.31. The van der Waals surface area contributed by atoms with Crippen LogP contribution in [-0.4, -0.2) is 40.2 Å². The van der Waals surface area contributed by atoms with Gasteiger partial charge in [0.15, 0.2) is 0 Å². The predicted molar refractivity (Wildman–Crippen MR) is 65.6 cm³/mol. The average molecular weight is 312 g/mol. The summed E-state index contributed by atoms with van der Waals surface area (Å²) in [5.74, 6) is -1.39. The Morgan fingerprint density at radius 1 is 1.50 bits per heavy atom. The van der Waals surface area contributed by atoms with Crippen LogP contribution < -0.4 is 5.32 Å². The number of hydrogen-bond acceptors (Lipinski definition) is 4.